The molecule has 2 aromatic carbocycles. The van der Waals surface area contributed by atoms with Crippen LogP contribution < -0.4 is 19.5 Å². The molecule has 0 unspecified atom stereocenters. The Hall–Kier alpha value is -3.06. The van der Waals surface area contributed by atoms with Gasteiger partial charge in [0.1, 0.15) is 33.7 Å². The molecule has 0 aliphatic rings. The van der Waals surface area contributed by atoms with Crippen LogP contribution in [0.15, 0.2) is 48.5 Å². The van der Waals surface area contributed by atoms with Crippen molar-refractivity contribution in [3.63, 3.8) is 0 Å². The quantitative estimate of drug-likeness (QED) is 0.658. The van der Waals surface area contributed by atoms with Crippen LogP contribution in [0.4, 0.5) is 5.69 Å². The van der Waals surface area contributed by atoms with Gasteiger partial charge < -0.3 is 19.5 Å². The topological polar surface area (TPSA) is 69.7 Å². The highest BCUT2D eigenvalue weighted by Gasteiger charge is 2.17. The van der Waals surface area contributed by atoms with E-state index in [-0.39, 0.29) is 5.91 Å². The standard InChI is InChI=1S/C20H20N2O4S/c1-13-19(27-18(21-13)12-26-14-7-5-4-6-8-14)20(23)22-16-11-15(24-2)9-10-17(16)25-3/h4-11H,12H2,1-3H3,(H,22,23). The minimum atomic E-state index is -0.248. The zero-order valence-corrected chi connectivity index (χ0v) is 16.1. The van der Waals surface area contributed by atoms with Gasteiger partial charge in [0.15, 0.2) is 0 Å². The first-order valence-corrected chi connectivity index (χ1v) is 9.10. The first-order chi connectivity index (χ1) is 13.1. The summed E-state index contributed by atoms with van der Waals surface area (Å²) in [5.41, 5.74) is 1.20. The summed E-state index contributed by atoms with van der Waals surface area (Å²) in [7, 11) is 3.12. The Morgan fingerprint density at radius 3 is 2.56 bits per heavy atom. The molecule has 0 saturated carbocycles. The molecule has 0 atom stereocenters. The largest absolute Gasteiger partial charge is 0.497 e. The minimum absolute atomic E-state index is 0.248. The van der Waals surface area contributed by atoms with E-state index in [4.69, 9.17) is 14.2 Å². The van der Waals surface area contributed by atoms with Crippen molar-refractivity contribution < 1.29 is 19.0 Å². The van der Waals surface area contributed by atoms with Crippen molar-refractivity contribution in [3.05, 3.63) is 64.1 Å². The molecule has 0 aliphatic carbocycles. The van der Waals surface area contributed by atoms with Gasteiger partial charge in [-0.2, -0.15) is 0 Å². The molecule has 27 heavy (non-hydrogen) atoms. The lowest BCUT2D eigenvalue weighted by Crippen LogP contribution is -2.12. The maximum Gasteiger partial charge on any atom is 0.267 e. The molecule has 0 saturated heterocycles. The van der Waals surface area contributed by atoms with Crippen molar-refractivity contribution in [2.75, 3.05) is 19.5 Å². The smallest absolute Gasteiger partial charge is 0.267 e. The molecule has 1 aromatic heterocycles. The molecule has 140 valence electrons. The van der Waals surface area contributed by atoms with Crippen LogP contribution in [0, 0.1) is 6.92 Å². The van der Waals surface area contributed by atoms with E-state index in [0.717, 1.165) is 10.8 Å². The number of rotatable bonds is 7. The Kier molecular flexibility index (Phi) is 5.93. The first-order valence-electron chi connectivity index (χ1n) is 8.28. The van der Waals surface area contributed by atoms with Crippen molar-refractivity contribution in [1.29, 1.82) is 0 Å². The van der Waals surface area contributed by atoms with E-state index in [9.17, 15) is 4.79 Å². The van der Waals surface area contributed by atoms with Crippen LogP contribution in [0.3, 0.4) is 0 Å². The predicted octanol–water partition coefficient (Wildman–Crippen LogP) is 4.30. The van der Waals surface area contributed by atoms with Gasteiger partial charge in [-0.15, -0.1) is 11.3 Å². The number of anilines is 1. The summed E-state index contributed by atoms with van der Waals surface area (Å²) in [6, 6.07) is 14.7. The van der Waals surface area contributed by atoms with Gasteiger partial charge in [-0.3, -0.25) is 4.79 Å². The van der Waals surface area contributed by atoms with Crippen LogP contribution in [0.25, 0.3) is 0 Å². The normalized spacial score (nSPS) is 10.3. The summed E-state index contributed by atoms with van der Waals surface area (Å²) >= 11 is 1.31. The number of nitrogens with zero attached hydrogens (tertiary/aromatic N) is 1. The molecular weight excluding hydrogens is 364 g/mol. The fourth-order valence-electron chi connectivity index (χ4n) is 2.48. The number of nitrogens with one attached hydrogen (secondary N) is 1. The summed E-state index contributed by atoms with van der Waals surface area (Å²) in [5, 5.41) is 3.60. The first kappa shape index (κ1) is 18.7. The van der Waals surface area contributed by atoms with E-state index < -0.39 is 0 Å². The van der Waals surface area contributed by atoms with Gasteiger partial charge in [0.25, 0.3) is 5.91 Å². The molecular formula is C20H20N2O4S. The van der Waals surface area contributed by atoms with Crippen LogP contribution in [0.1, 0.15) is 20.4 Å². The maximum atomic E-state index is 12.7. The van der Waals surface area contributed by atoms with Crippen molar-refractivity contribution in [3.8, 4) is 17.2 Å². The van der Waals surface area contributed by atoms with Crippen LogP contribution in [-0.4, -0.2) is 25.1 Å². The molecule has 0 radical (unpaired) electrons. The molecule has 6 nitrogen and oxygen atoms in total. The van der Waals surface area contributed by atoms with E-state index in [2.05, 4.69) is 10.3 Å². The average Bonchev–Trinajstić information content (AvgIpc) is 3.08. The number of para-hydroxylation sites is 1. The SMILES string of the molecule is COc1ccc(OC)c(NC(=O)c2sc(COc3ccccc3)nc2C)c1. The molecule has 0 spiro atoms. The van der Waals surface area contributed by atoms with Crippen LogP contribution in [0.5, 0.6) is 17.2 Å². The third-order valence-electron chi connectivity index (χ3n) is 3.81. The Morgan fingerprint density at radius 2 is 1.85 bits per heavy atom. The van der Waals surface area contributed by atoms with Gasteiger partial charge >= 0.3 is 0 Å². The molecule has 1 N–H and O–H groups in total. The monoisotopic (exact) mass is 384 g/mol. The second kappa shape index (κ2) is 8.55. The number of ether oxygens (including phenoxy) is 3. The Labute approximate surface area is 161 Å². The van der Waals surface area contributed by atoms with E-state index in [1.54, 1.807) is 39.3 Å². The number of carbonyl (C=O) groups excluding carboxylic acids is 1. The molecule has 3 rings (SSSR count). The number of aromatic nitrogens is 1. The Morgan fingerprint density at radius 1 is 1.07 bits per heavy atom. The number of hydrogen-bond acceptors (Lipinski definition) is 6. The summed E-state index contributed by atoms with van der Waals surface area (Å²) in [5.74, 6) is 1.70. The number of benzene rings is 2. The fraction of sp³-hybridized carbons (Fsp3) is 0.200. The van der Waals surface area contributed by atoms with Crippen molar-refractivity contribution >= 4 is 22.9 Å². The Bertz CT molecular complexity index is 925. The van der Waals surface area contributed by atoms with Crippen molar-refractivity contribution in [2.24, 2.45) is 0 Å². The minimum Gasteiger partial charge on any atom is -0.497 e. The predicted molar refractivity (Wildman–Crippen MR) is 105 cm³/mol. The molecule has 3 aromatic rings. The fourth-order valence-corrected chi connectivity index (χ4v) is 3.35. The summed E-state index contributed by atoms with van der Waals surface area (Å²) in [6.45, 7) is 2.12. The van der Waals surface area contributed by atoms with Gasteiger partial charge in [-0.05, 0) is 31.2 Å². The second-order valence-corrected chi connectivity index (χ2v) is 6.73. The van der Waals surface area contributed by atoms with E-state index >= 15 is 0 Å². The summed E-state index contributed by atoms with van der Waals surface area (Å²) in [6.07, 6.45) is 0. The van der Waals surface area contributed by atoms with E-state index in [0.29, 0.717) is 34.4 Å². The second-order valence-electron chi connectivity index (χ2n) is 5.64. The molecule has 0 bridgehead atoms. The van der Waals surface area contributed by atoms with Gasteiger partial charge in [0.05, 0.1) is 25.6 Å². The van der Waals surface area contributed by atoms with Crippen molar-refractivity contribution in [2.45, 2.75) is 13.5 Å². The summed E-state index contributed by atoms with van der Waals surface area (Å²) in [4.78, 5) is 17.7. The lowest BCUT2D eigenvalue weighted by atomic mass is 10.2. The number of carbonyl (C=O) groups is 1. The van der Waals surface area contributed by atoms with Crippen molar-refractivity contribution in [1.82, 2.24) is 4.98 Å². The maximum absolute atomic E-state index is 12.7. The lowest BCUT2D eigenvalue weighted by molar-refractivity contribution is 0.102. The highest BCUT2D eigenvalue weighted by atomic mass is 32.1. The highest BCUT2D eigenvalue weighted by molar-refractivity contribution is 7.13. The molecule has 0 aliphatic heterocycles. The molecule has 0 fully saturated rings. The third-order valence-corrected chi connectivity index (χ3v) is 4.94. The van der Waals surface area contributed by atoms with E-state index in [1.165, 1.54) is 11.3 Å². The summed E-state index contributed by atoms with van der Waals surface area (Å²) < 4.78 is 16.2. The number of aryl methyl sites for hydroxylation is 1. The van der Waals surface area contributed by atoms with Crippen LogP contribution >= 0.6 is 11.3 Å². The molecule has 1 amide bonds. The zero-order chi connectivity index (χ0) is 19.2. The zero-order valence-electron chi connectivity index (χ0n) is 15.3. The van der Waals surface area contributed by atoms with E-state index in [1.807, 2.05) is 30.3 Å². The number of methoxy groups -OCH3 is 2. The number of amides is 1. The molecule has 7 heteroatoms. The van der Waals surface area contributed by atoms with Crippen LogP contribution in [0.2, 0.25) is 0 Å². The van der Waals surface area contributed by atoms with Gasteiger partial charge in [-0.25, -0.2) is 4.98 Å². The number of hydrogen-bond donors (Lipinski definition) is 1. The van der Waals surface area contributed by atoms with Gasteiger partial charge in [0, 0.05) is 6.07 Å². The third kappa shape index (κ3) is 4.57. The highest BCUT2D eigenvalue weighted by Crippen LogP contribution is 2.30. The Balaban J connectivity index is 1.73. The number of thiazole rings is 1. The molecule has 1 heterocycles. The lowest BCUT2D eigenvalue weighted by Gasteiger charge is -2.11. The van der Waals surface area contributed by atoms with Gasteiger partial charge in [0.2, 0.25) is 0 Å². The van der Waals surface area contributed by atoms with Crippen LogP contribution in [-0.2, 0) is 6.61 Å². The average molecular weight is 384 g/mol. The van der Waals surface area contributed by atoms with Gasteiger partial charge in [-0.1, -0.05) is 18.2 Å².